The van der Waals surface area contributed by atoms with Gasteiger partial charge in [-0.15, -0.1) is 0 Å². The molecule has 0 saturated heterocycles. The minimum Gasteiger partial charge on any atom is -0.463 e. The Labute approximate surface area is 513 Å². The second kappa shape index (κ2) is 60.5. The molecule has 0 aliphatic heterocycles. The van der Waals surface area contributed by atoms with Crippen LogP contribution < -0.4 is 0 Å². The predicted molar refractivity (Wildman–Crippen MR) is 344 cm³/mol. The van der Waals surface area contributed by atoms with Gasteiger partial charge in [0, 0.05) is 19.3 Å². The summed E-state index contributed by atoms with van der Waals surface area (Å²) in [5.74, 6) is -1.62. The summed E-state index contributed by atoms with van der Waals surface area (Å²) in [5, 5.41) is 20.5. The van der Waals surface area contributed by atoms with E-state index in [1.165, 1.54) is 0 Å². The van der Waals surface area contributed by atoms with Gasteiger partial charge in [-0.1, -0.05) is 214 Å². The second-order valence-electron chi connectivity index (χ2n) is 21.1. The van der Waals surface area contributed by atoms with Crippen molar-refractivity contribution < 1.29 is 75.8 Å². The number of rotatable bonds is 60. The zero-order valence-electron chi connectivity index (χ0n) is 52.5. The molecule has 85 heavy (non-hydrogen) atoms. The highest BCUT2D eigenvalue weighted by molar-refractivity contribution is 7.47. The lowest BCUT2D eigenvalue weighted by Crippen LogP contribution is -2.30. The van der Waals surface area contributed by atoms with Gasteiger partial charge in [-0.3, -0.25) is 32.5 Å². The van der Waals surface area contributed by atoms with Crippen molar-refractivity contribution in [2.45, 2.75) is 257 Å². The van der Waals surface area contributed by atoms with Crippen LogP contribution in [0, 0.1) is 0 Å². The molecule has 0 amide bonds. The van der Waals surface area contributed by atoms with Crippen molar-refractivity contribution >= 4 is 33.6 Å². The highest BCUT2D eigenvalue weighted by atomic mass is 31.2. The normalized spacial score (nSPS) is 15.0. The van der Waals surface area contributed by atoms with Crippen molar-refractivity contribution in [1.29, 1.82) is 0 Å². The Morgan fingerprint density at radius 2 is 0.588 bits per heavy atom. The maximum atomic E-state index is 12.9. The molecule has 4 N–H and O–H groups in total. The SMILES string of the molecule is CC/C=C\C/C=C\C/C=C\CCCCCCCCCC(=O)OCC(O)COP(=O)(O)OCC(O)COP(=O)(O)OCC(COC(=O)CCCCCCCCC/C=C\C/C=C\C/C=C\CC)OC(=O)CCCCCCC/C=C\C/C=C\C/C=C\CC. The topological polar surface area (TPSA) is 231 Å². The van der Waals surface area contributed by atoms with E-state index >= 15 is 0 Å². The average Bonchev–Trinajstić information content (AvgIpc) is 3.48. The highest BCUT2D eigenvalue weighted by Gasteiger charge is 2.29. The van der Waals surface area contributed by atoms with E-state index in [1.807, 2.05) is 0 Å². The quantitative estimate of drug-likeness (QED) is 0.0146. The first-order valence-electron chi connectivity index (χ1n) is 32.2. The fourth-order valence-electron chi connectivity index (χ4n) is 8.14. The van der Waals surface area contributed by atoms with E-state index < -0.39 is 91.5 Å². The molecule has 0 radical (unpaired) electrons. The standard InChI is InChI=1S/C67H114O16P2/c1-4-7-10-13-16-19-22-25-28-30-33-35-38-41-44-47-50-53-65(70)77-56-62(68)57-79-84(73,74)80-58-63(69)59-81-85(75,76)82-61-64(83-67(72)55-52-49-46-43-40-37-32-27-24-21-18-15-12-9-6-3)60-78-66(71)54-51-48-45-42-39-36-34-31-29-26-23-20-17-14-11-8-5-2/h7-12,16-21,25-29,32,62-64,68-69H,4-6,13-15,22-24,30-31,33-61H2,1-3H3,(H,73,74)(H,75,76)/b10-7-,11-8-,12-9-,19-16-,20-17-,21-18-,28-25-,29-26-,32-27-. The molecule has 488 valence electrons. The van der Waals surface area contributed by atoms with Crippen molar-refractivity contribution in [1.82, 2.24) is 0 Å². The van der Waals surface area contributed by atoms with Gasteiger partial charge in [0.25, 0.3) is 0 Å². The summed E-state index contributed by atoms with van der Waals surface area (Å²) < 4.78 is 60.8. The third-order valence-electron chi connectivity index (χ3n) is 13.0. The van der Waals surface area contributed by atoms with Gasteiger partial charge in [0.05, 0.1) is 26.4 Å². The fraction of sp³-hybridized carbons (Fsp3) is 0.687. The third kappa shape index (κ3) is 61.6. The number of carbonyl (C=O) groups is 3. The molecule has 0 fully saturated rings. The Morgan fingerprint density at radius 1 is 0.329 bits per heavy atom. The summed E-state index contributed by atoms with van der Waals surface area (Å²) in [4.78, 5) is 58.3. The molecular formula is C67H114O16P2. The van der Waals surface area contributed by atoms with Crippen molar-refractivity contribution in [3.8, 4) is 0 Å². The molecule has 0 aromatic carbocycles. The van der Waals surface area contributed by atoms with E-state index in [2.05, 4.69) is 130 Å². The molecule has 0 aromatic rings. The lowest BCUT2D eigenvalue weighted by molar-refractivity contribution is -0.161. The molecule has 0 rings (SSSR count). The zero-order chi connectivity index (χ0) is 62.4. The number of phosphoric acid groups is 2. The molecule has 18 heteroatoms. The number of hydrogen-bond donors (Lipinski definition) is 4. The van der Waals surface area contributed by atoms with Crippen LogP contribution in [-0.4, -0.2) is 95.9 Å². The predicted octanol–water partition coefficient (Wildman–Crippen LogP) is 17.3. The Hall–Kier alpha value is -3.79. The smallest absolute Gasteiger partial charge is 0.463 e. The third-order valence-corrected chi connectivity index (χ3v) is 14.9. The molecule has 5 unspecified atom stereocenters. The van der Waals surface area contributed by atoms with E-state index in [0.717, 1.165) is 180 Å². The van der Waals surface area contributed by atoms with Crippen LogP contribution in [0.3, 0.4) is 0 Å². The van der Waals surface area contributed by atoms with Gasteiger partial charge in [0.1, 0.15) is 25.4 Å². The maximum absolute atomic E-state index is 12.9. The molecule has 0 spiro atoms. The van der Waals surface area contributed by atoms with Crippen LogP contribution in [0.25, 0.3) is 0 Å². The number of phosphoric ester groups is 2. The van der Waals surface area contributed by atoms with E-state index in [4.69, 9.17) is 32.3 Å². The van der Waals surface area contributed by atoms with Crippen molar-refractivity contribution in [2.75, 3.05) is 39.6 Å². The van der Waals surface area contributed by atoms with Gasteiger partial charge < -0.3 is 34.2 Å². The van der Waals surface area contributed by atoms with E-state index in [0.29, 0.717) is 19.3 Å². The molecule has 16 nitrogen and oxygen atoms in total. The van der Waals surface area contributed by atoms with Gasteiger partial charge >= 0.3 is 33.6 Å². The van der Waals surface area contributed by atoms with Gasteiger partial charge in [0.15, 0.2) is 6.10 Å². The largest absolute Gasteiger partial charge is 0.472 e. The van der Waals surface area contributed by atoms with Crippen LogP contribution in [0.2, 0.25) is 0 Å². The lowest BCUT2D eigenvalue weighted by Gasteiger charge is -2.21. The summed E-state index contributed by atoms with van der Waals surface area (Å²) >= 11 is 0. The van der Waals surface area contributed by atoms with Crippen molar-refractivity contribution in [3.63, 3.8) is 0 Å². The number of unbranched alkanes of at least 4 members (excludes halogenated alkanes) is 19. The molecule has 0 aromatic heterocycles. The molecule has 0 saturated carbocycles. The number of esters is 3. The molecule has 0 heterocycles. The van der Waals surface area contributed by atoms with E-state index in [1.54, 1.807) is 0 Å². The minimum absolute atomic E-state index is 0.0803. The first-order valence-corrected chi connectivity index (χ1v) is 35.2. The summed E-state index contributed by atoms with van der Waals surface area (Å²) in [5.41, 5.74) is 0. The lowest BCUT2D eigenvalue weighted by atomic mass is 10.1. The average molecular weight is 1240 g/mol. The molecule has 0 aliphatic rings. The van der Waals surface area contributed by atoms with E-state index in [9.17, 15) is 43.5 Å². The zero-order valence-corrected chi connectivity index (χ0v) is 54.3. The monoisotopic (exact) mass is 1240 g/mol. The first-order chi connectivity index (χ1) is 41.2. The van der Waals surface area contributed by atoms with Crippen LogP contribution in [-0.2, 0) is 55.8 Å². The molecule has 5 atom stereocenters. The van der Waals surface area contributed by atoms with Crippen LogP contribution in [0.1, 0.15) is 239 Å². The first kappa shape index (κ1) is 81.2. The van der Waals surface area contributed by atoms with E-state index in [-0.39, 0.29) is 19.3 Å². The van der Waals surface area contributed by atoms with Gasteiger partial charge in [-0.25, -0.2) is 9.13 Å². The molecule has 0 aliphatic carbocycles. The maximum Gasteiger partial charge on any atom is 0.472 e. The highest BCUT2D eigenvalue weighted by Crippen LogP contribution is 2.45. The van der Waals surface area contributed by atoms with Crippen molar-refractivity contribution in [2.24, 2.45) is 0 Å². The van der Waals surface area contributed by atoms with Crippen LogP contribution in [0.4, 0.5) is 0 Å². The number of allylic oxidation sites excluding steroid dienone is 18. The minimum atomic E-state index is -4.93. The Morgan fingerprint density at radius 3 is 0.929 bits per heavy atom. The number of aliphatic hydroxyl groups excluding tert-OH is 2. The summed E-state index contributed by atoms with van der Waals surface area (Å²) in [6, 6.07) is 0. The van der Waals surface area contributed by atoms with Gasteiger partial charge in [0.2, 0.25) is 0 Å². The van der Waals surface area contributed by atoms with Crippen LogP contribution in [0.5, 0.6) is 0 Å². The summed E-state index contributed by atoms with van der Waals surface area (Å²) in [7, 11) is -9.78. The number of aliphatic hydroxyl groups is 2. The summed E-state index contributed by atoms with van der Waals surface area (Å²) in [6.45, 7) is 2.27. The number of carbonyl (C=O) groups excluding carboxylic acids is 3. The van der Waals surface area contributed by atoms with Crippen LogP contribution >= 0.6 is 15.6 Å². The number of ether oxygens (including phenoxy) is 3. The number of hydrogen-bond acceptors (Lipinski definition) is 14. The Balaban J connectivity index is 4.73. The summed E-state index contributed by atoms with van der Waals surface area (Å²) in [6.07, 6.45) is 65.7. The van der Waals surface area contributed by atoms with Gasteiger partial charge in [-0.05, 0) is 116 Å². The van der Waals surface area contributed by atoms with Crippen molar-refractivity contribution in [3.05, 3.63) is 109 Å². The molecular weight excluding hydrogens is 1120 g/mol. The Bertz CT molecular complexity index is 1990. The van der Waals surface area contributed by atoms with Crippen LogP contribution in [0.15, 0.2) is 109 Å². The molecule has 0 bridgehead atoms. The Kier molecular flexibility index (Phi) is 57.8. The fourth-order valence-corrected chi connectivity index (χ4v) is 9.73. The van der Waals surface area contributed by atoms with Gasteiger partial charge in [-0.2, -0.15) is 0 Å². The second-order valence-corrected chi connectivity index (χ2v) is 24.0.